The van der Waals surface area contributed by atoms with Crippen molar-refractivity contribution in [3.63, 3.8) is 0 Å². The second kappa shape index (κ2) is 3.74. The van der Waals surface area contributed by atoms with Crippen LogP contribution in [0.1, 0.15) is 13.3 Å². The highest BCUT2D eigenvalue weighted by Gasteiger charge is 2.14. The summed E-state index contributed by atoms with van der Waals surface area (Å²) in [6.07, 6.45) is 5.55. The molecule has 2 heteroatoms. The Hall–Kier alpha value is -0.340. The van der Waals surface area contributed by atoms with Crippen molar-refractivity contribution in [2.75, 3.05) is 13.2 Å². The summed E-state index contributed by atoms with van der Waals surface area (Å²) in [6.45, 7) is 2.75. The Bertz CT molecular complexity index is 120. The molecule has 0 aliphatic heterocycles. The van der Waals surface area contributed by atoms with Crippen molar-refractivity contribution in [1.82, 2.24) is 0 Å². The van der Waals surface area contributed by atoms with E-state index in [1.165, 1.54) is 0 Å². The zero-order chi connectivity index (χ0) is 7.40. The van der Waals surface area contributed by atoms with E-state index in [9.17, 15) is 0 Å². The molecule has 2 atom stereocenters. The van der Waals surface area contributed by atoms with Crippen LogP contribution in [0, 0.1) is 5.92 Å². The van der Waals surface area contributed by atoms with Crippen LogP contribution in [-0.4, -0.2) is 24.4 Å². The van der Waals surface area contributed by atoms with Crippen LogP contribution in [0.4, 0.5) is 0 Å². The molecule has 1 aliphatic rings. The molecule has 58 valence electrons. The Morgan fingerprint density at radius 1 is 1.60 bits per heavy atom. The van der Waals surface area contributed by atoms with E-state index in [0.29, 0.717) is 12.5 Å². The summed E-state index contributed by atoms with van der Waals surface area (Å²) in [7, 11) is 0. The molecule has 0 amide bonds. The van der Waals surface area contributed by atoms with Gasteiger partial charge >= 0.3 is 0 Å². The molecule has 0 saturated carbocycles. The monoisotopic (exact) mass is 142 g/mol. The van der Waals surface area contributed by atoms with E-state index >= 15 is 0 Å². The van der Waals surface area contributed by atoms with E-state index < -0.39 is 0 Å². The van der Waals surface area contributed by atoms with Gasteiger partial charge in [0.15, 0.2) is 0 Å². The number of allylic oxidation sites excluding steroid dienone is 1. The van der Waals surface area contributed by atoms with Gasteiger partial charge in [-0.1, -0.05) is 19.1 Å². The SMILES string of the molecule is C[C@H]1C=C[C@@H](OCCO)C1. The zero-order valence-electron chi connectivity index (χ0n) is 6.29. The van der Waals surface area contributed by atoms with Gasteiger partial charge in [0, 0.05) is 0 Å². The van der Waals surface area contributed by atoms with Crippen molar-refractivity contribution in [3.8, 4) is 0 Å². The number of aliphatic hydroxyl groups is 1. The van der Waals surface area contributed by atoms with Crippen LogP contribution in [-0.2, 0) is 4.74 Å². The molecule has 0 aromatic heterocycles. The van der Waals surface area contributed by atoms with Crippen LogP contribution in [0.5, 0.6) is 0 Å². The lowest BCUT2D eigenvalue weighted by Gasteiger charge is -2.08. The Labute approximate surface area is 61.5 Å². The van der Waals surface area contributed by atoms with E-state index in [1.54, 1.807) is 0 Å². The van der Waals surface area contributed by atoms with E-state index in [2.05, 4.69) is 19.1 Å². The first-order valence-corrected chi connectivity index (χ1v) is 3.73. The fourth-order valence-electron chi connectivity index (χ4n) is 1.16. The molecule has 0 bridgehead atoms. The normalized spacial score (nSPS) is 31.4. The number of ether oxygens (including phenoxy) is 1. The van der Waals surface area contributed by atoms with E-state index in [1.807, 2.05) is 0 Å². The van der Waals surface area contributed by atoms with Crippen LogP contribution in [0.15, 0.2) is 12.2 Å². The highest BCUT2D eigenvalue weighted by molar-refractivity contribution is 5.01. The van der Waals surface area contributed by atoms with Gasteiger partial charge in [0.2, 0.25) is 0 Å². The summed E-state index contributed by atoms with van der Waals surface area (Å²) in [4.78, 5) is 0. The molecular formula is C8H14O2. The number of rotatable bonds is 3. The number of hydrogen-bond acceptors (Lipinski definition) is 2. The summed E-state index contributed by atoms with van der Waals surface area (Å²) in [5, 5.41) is 8.44. The molecule has 2 nitrogen and oxygen atoms in total. The highest BCUT2D eigenvalue weighted by Crippen LogP contribution is 2.18. The van der Waals surface area contributed by atoms with Gasteiger partial charge in [0.1, 0.15) is 0 Å². The Morgan fingerprint density at radius 2 is 2.40 bits per heavy atom. The maximum atomic E-state index is 8.44. The summed E-state index contributed by atoms with van der Waals surface area (Å²) in [6, 6.07) is 0. The van der Waals surface area contributed by atoms with E-state index in [4.69, 9.17) is 9.84 Å². The Morgan fingerprint density at radius 3 is 2.90 bits per heavy atom. The smallest absolute Gasteiger partial charge is 0.0762 e. The predicted molar refractivity (Wildman–Crippen MR) is 39.7 cm³/mol. The molecule has 0 fully saturated rings. The van der Waals surface area contributed by atoms with Gasteiger partial charge in [-0.05, 0) is 12.3 Å². The first-order valence-electron chi connectivity index (χ1n) is 3.73. The fourth-order valence-corrected chi connectivity index (χ4v) is 1.16. The summed E-state index contributed by atoms with van der Waals surface area (Å²) >= 11 is 0. The van der Waals surface area contributed by atoms with E-state index in [0.717, 1.165) is 6.42 Å². The molecule has 1 aliphatic carbocycles. The van der Waals surface area contributed by atoms with Crippen LogP contribution >= 0.6 is 0 Å². The van der Waals surface area contributed by atoms with Crippen LogP contribution in [0.3, 0.4) is 0 Å². The standard InChI is InChI=1S/C8H14O2/c1-7-2-3-8(6-7)10-5-4-9/h2-3,7-9H,4-6H2,1H3/t7-,8+/m0/s1. The average Bonchev–Trinajstić information content (AvgIpc) is 2.31. The minimum atomic E-state index is 0.124. The largest absolute Gasteiger partial charge is 0.394 e. The third kappa shape index (κ3) is 2.12. The van der Waals surface area contributed by atoms with Crippen molar-refractivity contribution in [2.45, 2.75) is 19.4 Å². The third-order valence-electron chi connectivity index (χ3n) is 1.68. The van der Waals surface area contributed by atoms with Gasteiger partial charge in [-0.3, -0.25) is 0 Å². The maximum Gasteiger partial charge on any atom is 0.0762 e. The molecule has 0 aromatic rings. The number of hydrogen-bond donors (Lipinski definition) is 1. The van der Waals surface area contributed by atoms with E-state index in [-0.39, 0.29) is 12.7 Å². The molecule has 0 radical (unpaired) electrons. The van der Waals surface area contributed by atoms with Gasteiger partial charge in [0.05, 0.1) is 19.3 Å². The van der Waals surface area contributed by atoms with Gasteiger partial charge in [-0.25, -0.2) is 0 Å². The minimum Gasteiger partial charge on any atom is -0.394 e. The zero-order valence-corrected chi connectivity index (χ0v) is 6.29. The lowest BCUT2D eigenvalue weighted by Crippen LogP contribution is -2.10. The van der Waals surface area contributed by atoms with Crippen molar-refractivity contribution in [2.24, 2.45) is 5.92 Å². The average molecular weight is 142 g/mol. The van der Waals surface area contributed by atoms with Gasteiger partial charge in [-0.15, -0.1) is 0 Å². The second-order valence-corrected chi connectivity index (χ2v) is 2.73. The summed E-state index contributed by atoms with van der Waals surface area (Å²) in [5.41, 5.74) is 0. The van der Waals surface area contributed by atoms with Crippen molar-refractivity contribution in [3.05, 3.63) is 12.2 Å². The van der Waals surface area contributed by atoms with Crippen molar-refractivity contribution < 1.29 is 9.84 Å². The van der Waals surface area contributed by atoms with Crippen LogP contribution in [0.25, 0.3) is 0 Å². The maximum absolute atomic E-state index is 8.44. The lowest BCUT2D eigenvalue weighted by molar-refractivity contribution is 0.0511. The first-order chi connectivity index (χ1) is 4.83. The molecule has 0 aromatic carbocycles. The van der Waals surface area contributed by atoms with Crippen molar-refractivity contribution >= 4 is 0 Å². The topological polar surface area (TPSA) is 29.5 Å². The molecule has 0 heterocycles. The van der Waals surface area contributed by atoms with Gasteiger partial charge < -0.3 is 9.84 Å². The quantitative estimate of drug-likeness (QED) is 0.595. The van der Waals surface area contributed by atoms with Gasteiger partial charge in [-0.2, -0.15) is 0 Å². The van der Waals surface area contributed by atoms with Crippen LogP contribution < -0.4 is 0 Å². The molecule has 1 N–H and O–H groups in total. The minimum absolute atomic E-state index is 0.124. The molecule has 0 saturated heterocycles. The summed E-state index contributed by atoms with van der Waals surface area (Å²) in [5.74, 6) is 0.642. The fraction of sp³-hybridized carbons (Fsp3) is 0.750. The summed E-state index contributed by atoms with van der Waals surface area (Å²) < 4.78 is 5.29. The second-order valence-electron chi connectivity index (χ2n) is 2.73. The first kappa shape index (κ1) is 7.76. The highest BCUT2D eigenvalue weighted by atomic mass is 16.5. The lowest BCUT2D eigenvalue weighted by atomic mass is 10.1. The third-order valence-corrected chi connectivity index (χ3v) is 1.68. The molecule has 1 rings (SSSR count). The van der Waals surface area contributed by atoms with Crippen molar-refractivity contribution in [1.29, 1.82) is 0 Å². The Balaban J connectivity index is 2.14. The molecular weight excluding hydrogens is 128 g/mol. The molecule has 10 heavy (non-hydrogen) atoms. The Kier molecular flexibility index (Phi) is 2.90. The molecule has 0 spiro atoms. The predicted octanol–water partition coefficient (Wildman–Crippen LogP) is 0.960. The van der Waals surface area contributed by atoms with Crippen LogP contribution in [0.2, 0.25) is 0 Å². The molecule has 0 unspecified atom stereocenters. The van der Waals surface area contributed by atoms with Gasteiger partial charge in [0.25, 0.3) is 0 Å². The number of aliphatic hydroxyl groups excluding tert-OH is 1.